The van der Waals surface area contributed by atoms with Crippen molar-refractivity contribution in [2.45, 2.75) is 19.5 Å². The van der Waals surface area contributed by atoms with Crippen LogP contribution in [0.5, 0.6) is 0 Å². The van der Waals surface area contributed by atoms with Gasteiger partial charge in [0.05, 0.1) is 0 Å². The molecule has 2 aromatic rings. The molecule has 0 aliphatic heterocycles. The van der Waals surface area contributed by atoms with Crippen molar-refractivity contribution in [1.82, 2.24) is 9.88 Å². The van der Waals surface area contributed by atoms with Gasteiger partial charge in [-0.3, -0.25) is 9.88 Å². The highest BCUT2D eigenvalue weighted by Gasteiger charge is 2.16. The van der Waals surface area contributed by atoms with Crippen molar-refractivity contribution < 1.29 is 4.39 Å². The highest BCUT2D eigenvalue weighted by atomic mass is 19.1. The molecule has 0 aliphatic rings. The van der Waals surface area contributed by atoms with Gasteiger partial charge in [0.15, 0.2) is 0 Å². The van der Waals surface area contributed by atoms with E-state index in [9.17, 15) is 4.39 Å². The maximum Gasteiger partial charge on any atom is 0.126 e. The van der Waals surface area contributed by atoms with Crippen molar-refractivity contribution in [3.05, 3.63) is 65.2 Å². The van der Waals surface area contributed by atoms with Crippen molar-refractivity contribution in [3.8, 4) is 0 Å². The summed E-state index contributed by atoms with van der Waals surface area (Å²) in [6, 6.07) is 9.20. The van der Waals surface area contributed by atoms with Crippen molar-refractivity contribution in [2.24, 2.45) is 5.73 Å². The van der Waals surface area contributed by atoms with Gasteiger partial charge in [-0.25, -0.2) is 4.39 Å². The van der Waals surface area contributed by atoms with Crippen LogP contribution >= 0.6 is 0 Å². The van der Waals surface area contributed by atoms with Crippen molar-refractivity contribution >= 4 is 0 Å². The molecule has 0 aliphatic carbocycles. The first-order chi connectivity index (χ1) is 9.61. The number of halogens is 1. The number of rotatable bonds is 5. The summed E-state index contributed by atoms with van der Waals surface area (Å²) in [5, 5.41) is 0. The molecule has 0 amide bonds. The summed E-state index contributed by atoms with van der Waals surface area (Å²) in [6.07, 6.45) is 3.60. The van der Waals surface area contributed by atoms with E-state index in [2.05, 4.69) is 9.88 Å². The van der Waals surface area contributed by atoms with E-state index in [0.29, 0.717) is 12.1 Å². The van der Waals surface area contributed by atoms with Gasteiger partial charge in [0.2, 0.25) is 0 Å². The summed E-state index contributed by atoms with van der Waals surface area (Å²) in [6.45, 7) is 3.02. The van der Waals surface area contributed by atoms with Crippen LogP contribution in [0.3, 0.4) is 0 Å². The Kier molecular flexibility index (Phi) is 4.82. The standard InChI is InChI=1S/C16H20FN3/c1-12-8-14(5-6-15(12)17)16(9-18)20(2)11-13-4-3-7-19-10-13/h3-8,10,16H,9,11,18H2,1-2H3. The molecule has 1 atom stereocenters. The summed E-state index contributed by atoms with van der Waals surface area (Å²) < 4.78 is 13.4. The van der Waals surface area contributed by atoms with Crippen LogP contribution in [-0.2, 0) is 6.54 Å². The van der Waals surface area contributed by atoms with E-state index in [4.69, 9.17) is 5.73 Å². The predicted octanol–water partition coefficient (Wildman–Crippen LogP) is 2.66. The lowest BCUT2D eigenvalue weighted by molar-refractivity contribution is 0.241. The van der Waals surface area contributed by atoms with E-state index in [1.165, 1.54) is 6.07 Å². The second kappa shape index (κ2) is 6.59. The summed E-state index contributed by atoms with van der Waals surface area (Å²) in [7, 11) is 2.02. The Morgan fingerprint density at radius 1 is 1.35 bits per heavy atom. The lowest BCUT2D eigenvalue weighted by Crippen LogP contribution is -2.30. The van der Waals surface area contributed by atoms with Gasteiger partial charge < -0.3 is 5.73 Å². The Labute approximate surface area is 119 Å². The summed E-state index contributed by atoms with van der Waals surface area (Å²) in [5.41, 5.74) is 8.72. The highest BCUT2D eigenvalue weighted by Crippen LogP contribution is 2.22. The lowest BCUT2D eigenvalue weighted by Gasteiger charge is -2.27. The Bertz CT molecular complexity index is 557. The molecule has 1 aromatic heterocycles. The topological polar surface area (TPSA) is 42.1 Å². The summed E-state index contributed by atoms with van der Waals surface area (Å²) in [5.74, 6) is -0.181. The highest BCUT2D eigenvalue weighted by molar-refractivity contribution is 5.27. The average molecular weight is 273 g/mol. The second-order valence-electron chi connectivity index (χ2n) is 5.04. The van der Waals surface area contributed by atoms with Crippen LogP contribution in [0.2, 0.25) is 0 Å². The fourth-order valence-corrected chi connectivity index (χ4v) is 2.34. The Morgan fingerprint density at radius 3 is 2.75 bits per heavy atom. The zero-order valence-electron chi connectivity index (χ0n) is 11.9. The molecule has 2 N–H and O–H groups in total. The van der Waals surface area contributed by atoms with Crippen LogP contribution in [0, 0.1) is 12.7 Å². The molecule has 0 saturated carbocycles. The fourth-order valence-electron chi connectivity index (χ4n) is 2.34. The van der Waals surface area contributed by atoms with Crippen molar-refractivity contribution in [3.63, 3.8) is 0 Å². The average Bonchev–Trinajstić information content (AvgIpc) is 2.44. The maximum atomic E-state index is 13.4. The van der Waals surface area contributed by atoms with E-state index in [1.807, 2.05) is 31.4 Å². The number of likely N-dealkylation sites (N-methyl/N-ethyl adjacent to an activating group) is 1. The zero-order chi connectivity index (χ0) is 14.5. The SMILES string of the molecule is Cc1cc(C(CN)N(C)Cc2cccnc2)ccc1F. The molecule has 0 saturated heterocycles. The van der Waals surface area contributed by atoms with Crippen LogP contribution in [0.4, 0.5) is 4.39 Å². The van der Waals surface area contributed by atoms with E-state index in [-0.39, 0.29) is 11.9 Å². The van der Waals surface area contributed by atoms with Crippen LogP contribution < -0.4 is 5.73 Å². The molecule has 0 fully saturated rings. The molecule has 20 heavy (non-hydrogen) atoms. The molecule has 0 spiro atoms. The fraction of sp³-hybridized carbons (Fsp3) is 0.312. The minimum atomic E-state index is -0.181. The van der Waals surface area contributed by atoms with E-state index >= 15 is 0 Å². The van der Waals surface area contributed by atoms with Gasteiger partial charge in [0, 0.05) is 31.5 Å². The minimum absolute atomic E-state index is 0.0644. The van der Waals surface area contributed by atoms with Gasteiger partial charge in [0.1, 0.15) is 5.82 Å². The Morgan fingerprint density at radius 2 is 2.15 bits per heavy atom. The van der Waals surface area contributed by atoms with Gasteiger partial charge in [-0.1, -0.05) is 18.2 Å². The number of hydrogen-bond donors (Lipinski definition) is 1. The molecule has 1 aromatic carbocycles. The Balaban J connectivity index is 2.16. The third kappa shape index (κ3) is 3.40. The van der Waals surface area contributed by atoms with Gasteiger partial charge in [-0.2, -0.15) is 0 Å². The summed E-state index contributed by atoms with van der Waals surface area (Å²) >= 11 is 0. The molecule has 2 rings (SSSR count). The van der Waals surface area contributed by atoms with Crippen LogP contribution in [0.25, 0.3) is 0 Å². The van der Waals surface area contributed by atoms with E-state index in [1.54, 1.807) is 19.2 Å². The van der Waals surface area contributed by atoms with Crippen LogP contribution in [0.1, 0.15) is 22.7 Å². The Hall–Kier alpha value is -1.78. The third-order valence-corrected chi connectivity index (χ3v) is 3.48. The largest absolute Gasteiger partial charge is 0.329 e. The normalized spacial score (nSPS) is 12.7. The van der Waals surface area contributed by atoms with Crippen molar-refractivity contribution in [2.75, 3.05) is 13.6 Å². The van der Waals surface area contributed by atoms with Crippen LogP contribution in [0.15, 0.2) is 42.7 Å². The molecule has 3 nitrogen and oxygen atoms in total. The second-order valence-corrected chi connectivity index (χ2v) is 5.04. The molecule has 1 unspecified atom stereocenters. The maximum absolute atomic E-state index is 13.4. The van der Waals surface area contributed by atoms with Gasteiger partial charge in [0.25, 0.3) is 0 Å². The first kappa shape index (κ1) is 14.6. The third-order valence-electron chi connectivity index (χ3n) is 3.48. The van der Waals surface area contributed by atoms with E-state index in [0.717, 1.165) is 17.7 Å². The zero-order valence-corrected chi connectivity index (χ0v) is 11.9. The van der Waals surface area contributed by atoms with Crippen molar-refractivity contribution in [1.29, 1.82) is 0 Å². The lowest BCUT2D eigenvalue weighted by atomic mass is 10.0. The van der Waals surface area contributed by atoms with Gasteiger partial charge in [-0.15, -0.1) is 0 Å². The number of nitrogens with zero attached hydrogens (tertiary/aromatic N) is 2. The molecule has 0 bridgehead atoms. The number of benzene rings is 1. The molecule has 1 heterocycles. The van der Waals surface area contributed by atoms with Gasteiger partial charge >= 0.3 is 0 Å². The van der Waals surface area contributed by atoms with Gasteiger partial charge in [-0.05, 0) is 42.8 Å². The molecular formula is C16H20FN3. The molecule has 106 valence electrons. The van der Waals surface area contributed by atoms with Crippen LogP contribution in [-0.4, -0.2) is 23.5 Å². The molecule has 0 radical (unpaired) electrons. The smallest absolute Gasteiger partial charge is 0.126 e. The number of hydrogen-bond acceptors (Lipinski definition) is 3. The predicted molar refractivity (Wildman–Crippen MR) is 78.6 cm³/mol. The number of nitrogens with two attached hydrogens (primary N) is 1. The molecule has 4 heteroatoms. The molecular weight excluding hydrogens is 253 g/mol. The number of pyridine rings is 1. The first-order valence-corrected chi connectivity index (χ1v) is 6.67. The quantitative estimate of drug-likeness (QED) is 0.910. The minimum Gasteiger partial charge on any atom is -0.329 e. The number of aryl methyl sites for hydroxylation is 1. The number of aromatic nitrogens is 1. The monoisotopic (exact) mass is 273 g/mol. The first-order valence-electron chi connectivity index (χ1n) is 6.67. The van der Waals surface area contributed by atoms with E-state index < -0.39 is 0 Å². The summed E-state index contributed by atoms with van der Waals surface area (Å²) in [4.78, 5) is 6.27.